The number of aliphatic hydroxyl groups excluding tert-OH is 1. The maximum Gasteiger partial charge on any atom is 0.0431 e. The highest BCUT2D eigenvalue weighted by molar-refractivity contribution is 4.49. The summed E-state index contributed by atoms with van der Waals surface area (Å²) in [5, 5.41) is 8.71. The van der Waals surface area contributed by atoms with Gasteiger partial charge in [0, 0.05) is 9.35 Å². The zero-order valence-electron chi connectivity index (χ0n) is 14.6. The standard InChI is InChI=1S/C17H36O/c1-2-3-4-5-6-7-8-9-10-11-12-13-14-15-16-17-18/h18H,2-17H2,1H3/i13D2. The van der Waals surface area contributed by atoms with Crippen molar-refractivity contribution in [2.45, 2.75) is 103 Å². The van der Waals surface area contributed by atoms with Gasteiger partial charge >= 0.3 is 0 Å². The van der Waals surface area contributed by atoms with E-state index < -0.39 is 6.37 Å². The van der Waals surface area contributed by atoms with Crippen LogP contribution < -0.4 is 0 Å². The second-order valence-electron chi connectivity index (χ2n) is 5.36. The van der Waals surface area contributed by atoms with Crippen molar-refractivity contribution in [1.82, 2.24) is 0 Å². The third-order valence-corrected chi connectivity index (χ3v) is 3.47. The van der Waals surface area contributed by atoms with Gasteiger partial charge in [0.05, 0.1) is 0 Å². The van der Waals surface area contributed by atoms with Crippen LogP contribution in [0.5, 0.6) is 0 Å². The summed E-state index contributed by atoms with van der Waals surface area (Å²) in [4.78, 5) is 0. The Morgan fingerprint density at radius 2 is 1.00 bits per heavy atom. The number of rotatable bonds is 15. The summed E-state index contributed by atoms with van der Waals surface area (Å²) in [5.74, 6) is 0. The van der Waals surface area contributed by atoms with E-state index >= 15 is 0 Å². The Labute approximate surface area is 118 Å². The van der Waals surface area contributed by atoms with Crippen molar-refractivity contribution in [1.29, 1.82) is 0 Å². The van der Waals surface area contributed by atoms with Gasteiger partial charge < -0.3 is 5.11 Å². The first-order valence-electron chi connectivity index (χ1n) is 9.23. The van der Waals surface area contributed by atoms with Crippen LogP contribution in [0, 0.1) is 0 Å². The minimum Gasteiger partial charge on any atom is -0.396 e. The molecule has 0 heterocycles. The third-order valence-electron chi connectivity index (χ3n) is 3.47. The fourth-order valence-corrected chi connectivity index (χ4v) is 2.22. The van der Waals surface area contributed by atoms with Gasteiger partial charge in [-0.05, 0) is 6.42 Å². The Morgan fingerprint density at radius 1 is 0.611 bits per heavy atom. The van der Waals surface area contributed by atoms with Gasteiger partial charge in [-0.1, -0.05) is 96.8 Å². The van der Waals surface area contributed by atoms with Crippen molar-refractivity contribution in [2.24, 2.45) is 0 Å². The summed E-state index contributed by atoms with van der Waals surface area (Å²) in [6, 6.07) is 0. The fourth-order valence-electron chi connectivity index (χ4n) is 2.22. The van der Waals surface area contributed by atoms with E-state index in [1.165, 1.54) is 57.8 Å². The van der Waals surface area contributed by atoms with Crippen LogP contribution in [-0.2, 0) is 0 Å². The van der Waals surface area contributed by atoms with Crippen LogP contribution >= 0.6 is 0 Å². The highest BCUT2D eigenvalue weighted by Gasteiger charge is 1.93. The van der Waals surface area contributed by atoms with E-state index in [0.29, 0.717) is 12.8 Å². The smallest absolute Gasteiger partial charge is 0.0431 e. The molecular formula is C17H36O. The molecule has 0 spiro atoms. The fraction of sp³-hybridized carbons (Fsp3) is 1.00. The molecule has 0 atom stereocenters. The van der Waals surface area contributed by atoms with Crippen LogP contribution in [0.1, 0.15) is 106 Å². The topological polar surface area (TPSA) is 20.2 Å². The molecule has 0 aliphatic heterocycles. The summed E-state index contributed by atoms with van der Waals surface area (Å²) in [5.41, 5.74) is 0. The van der Waals surface area contributed by atoms with Gasteiger partial charge in [0.15, 0.2) is 0 Å². The molecule has 18 heavy (non-hydrogen) atoms. The predicted molar refractivity (Wildman–Crippen MR) is 82.0 cm³/mol. The van der Waals surface area contributed by atoms with Crippen molar-refractivity contribution in [2.75, 3.05) is 6.61 Å². The molecule has 0 radical (unpaired) electrons. The van der Waals surface area contributed by atoms with Gasteiger partial charge in [-0.3, -0.25) is 0 Å². The molecule has 0 amide bonds. The predicted octanol–water partition coefficient (Wildman–Crippen LogP) is 5.85. The van der Waals surface area contributed by atoms with Crippen LogP contribution in [0.3, 0.4) is 0 Å². The highest BCUT2D eigenvalue weighted by Crippen LogP contribution is 2.13. The van der Waals surface area contributed by atoms with Gasteiger partial charge in [0.25, 0.3) is 0 Å². The summed E-state index contributed by atoms with van der Waals surface area (Å²) in [6.45, 7) is 2.44. The molecule has 0 aromatic carbocycles. The van der Waals surface area contributed by atoms with E-state index in [9.17, 15) is 0 Å². The Balaban J connectivity index is 3.25. The van der Waals surface area contributed by atoms with Crippen molar-refractivity contribution in [3.63, 3.8) is 0 Å². The van der Waals surface area contributed by atoms with Gasteiger partial charge in [0.1, 0.15) is 0 Å². The van der Waals surface area contributed by atoms with Crippen LogP contribution in [0.15, 0.2) is 0 Å². The first kappa shape index (κ1) is 14.4. The van der Waals surface area contributed by atoms with Gasteiger partial charge in [-0.15, -0.1) is 0 Å². The van der Waals surface area contributed by atoms with Crippen molar-refractivity contribution in [3.05, 3.63) is 0 Å². The highest BCUT2D eigenvalue weighted by atomic mass is 16.2. The Kier molecular flexibility index (Phi) is 13.5. The summed E-state index contributed by atoms with van der Waals surface area (Å²) < 4.78 is 15.8. The van der Waals surface area contributed by atoms with E-state index in [0.717, 1.165) is 19.3 Å². The number of hydrogen-bond acceptors (Lipinski definition) is 1. The number of aliphatic hydroxyl groups is 1. The lowest BCUT2D eigenvalue weighted by molar-refractivity contribution is 0.282. The first-order chi connectivity index (χ1) is 9.62. The van der Waals surface area contributed by atoms with E-state index in [4.69, 9.17) is 7.85 Å². The van der Waals surface area contributed by atoms with E-state index in [-0.39, 0.29) is 6.61 Å². The maximum absolute atomic E-state index is 8.71. The van der Waals surface area contributed by atoms with E-state index in [1.54, 1.807) is 0 Å². The van der Waals surface area contributed by atoms with E-state index in [1.807, 2.05) is 0 Å². The normalized spacial score (nSPS) is 13.4. The van der Waals surface area contributed by atoms with Crippen LogP contribution in [0.25, 0.3) is 0 Å². The molecule has 1 heteroatoms. The molecule has 110 valence electrons. The average molecular weight is 258 g/mol. The molecule has 0 saturated heterocycles. The Hall–Kier alpha value is -0.0400. The number of unbranched alkanes of at least 4 members (excludes halogenated alkanes) is 10. The summed E-state index contributed by atoms with van der Waals surface area (Å²) in [7, 11) is 0. The molecule has 0 aromatic rings. The maximum atomic E-state index is 8.71. The van der Waals surface area contributed by atoms with Crippen molar-refractivity contribution < 1.29 is 7.85 Å². The molecule has 1 nitrogen and oxygen atoms in total. The molecule has 1 N–H and O–H groups in total. The molecule has 0 rings (SSSR count). The molecule has 0 aliphatic carbocycles. The molecular weight excluding hydrogens is 220 g/mol. The Bertz CT molecular complexity index is 195. The van der Waals surface area contributed by atoms with Crippen LogP contribution in [0.2, 0.25) is 0 Å². The van der Waals surface area contributed by atoms with Gasteiger partial charge in [0.2, 0.25) is 0 Å². The van der Waals surface area contributed by atoms with Gasteiger partial charge in [-0.2, -0.15) is 0 Å². The average Bonchev–Trinajstić information content (AvgIpc) is 2.41. The van der Waals surface area contributed by atoms with Gasteiger partial charge in [-0.25, -0.2) is 0 Å². The minimum absolute atomic E-state index is 0.189. The first-order valence-corrected chi connectivity index (χ1v) is 8.23. The lowest BCUT2D eigenvalue weighted by atomic mass is 10.0. The monoisotopic (exact) mass is 258 g/mol. The zero-order valence-corrected chi connectivity index (χ0v) is 12.6. The lowest BCUT2D eigenvalue weighted by Gasteiger charge is -2.02. The number of hydrogen-bond donors (Lipinski definition) is 1. The molecule has 0 bridgehead atoms. The molecule has 0 aliphatic rings. The van der Waals surface area contributed by atoms with Crippen LogP contribution in [0.4, 0.5) is 0 Å². The van der Waals surface area contributed by atoms with Crippen molar-refractivity contribution >= 4 is 0 Å². The zero-order chi connectivity index (χ0) is 15.1. The van der Waals surface area contributed by atoms with E-state index in [2.05, 4.69) is 6.92 Å². The largest absolute Gasteiger partial charge is 0.396 e. The van der Waals surface area contributed by atoms with Crippen LogP contribution in [-0.4, -0.2) is 11.7 Å². The second kappa shape index (κ2) is 17.0. The third kappa shape index (κ3) is 16.0. The SMILES string of the molecule is [2H]C([2H])(CCCCO)CCCCCCCCCCCC. The second-order valence-corrected chi connectivity index (χ2v) is 5.36. The molecule has 0 fully saturated rings. The minimum atomic E-state index is -1.02. The summed E-state index contributed by atoms with van der Waals surface area (Å²) >= 11 is 0. The molecule has 0 saturated carbocycles. The lowest BCUT2D eigenvalue weighted by Crippen LogP contribution is -1.85. The van der Waals surface area contributed by atoms with Crippen molar-refractivity contribution in [3.8, 4) is 0 Å². The molecule has 0 aromatic heterocycles. The Morgan fingerprint density at radius 3 is 1.44 bits per heavy atom. The molecule has 0 unspecified atom stereocenters. The summed E-state index contributed by atoms with van der Waals surface area (Å²) in [6.07, 6.45) is 14.8. The quantitative estimate of drug-likeness (QED) is 0.365.